The summed E-state index contributed by atoms with van der Waals surface area (Å²) < 4.78 is 11.5. The van der Waals surface area contributed by atoms with Crippen molar-refractivity contribution >= 4 is 5.69 Å². The number of hydrogen-bond donors (Lipinski definition) is 1. The second kappa shape index (κ2) is 8.09. The van der Waals surface area contributed by atoms with E-state index in [1.807, 2.05) is 12.1 Å². The first-order valence-corrected chi connectivity index (χ1v) is 11.2. The third-order valence-electron chi connectivity index (χ3n) is 8.48. The summed E-state index contributed by atoms with van der Waals surface area (Å²) in [5.41, 5.74) is 1.86. The molecule has 1 aromatic rings. The number of aliphatic hydroxyl groups is 1. The molecule has 2 bridgehead atoms. The van der Waals surface area contributed by atoms with Gasteiger partial charge in [-0.15, -0.1) is 0 Å². The summed E-state index contributed by atoms with van der Waals surface area (Å²) in [6.07, 6.45) is 3.66. The van der Waals surface area contributed by atoms with Crippen molar-refractivity contribution in [3.8, 4) is 5.75 Å². The molecule has 5 heteroatoms. The summed E-state index contributed by atoms with van der Waals surface area (Å²) >= 11 is 0. The zero-order valence-corrected chi connectivity index (χ0v) is 18.6. The molecule has 1 aromatic carbocycles. The van der Waals surface area contributed by atoms with E-state index in [2.05, 4.69) is 42.7 Å². The first-order chi connectivity index (χ1) is 13.8. The van der Waals surface area contributed by atoms with Crippen LogP contribution >= 0.6 is 0 Å². The minimum atomic E-state index is -0.409. The molecule has 2 saturated carbocycles. The Morgan fingerprint density at radius 2 is 1.79 bits per heavy atom. The average Bonchev–Trinajstić information content (AvgIpc) is 3.06. The normalized spacial score (nSPS) is 32.5. The molecule has 0 aromatic heterocycles. The van der Waals surface area contributed by atoms with Crippen molar-refractivity contribution in [3.63, 3.8) is 0 Å². The molecule has 0 unspecified atom stereocenters. The van der Waals surface area contributed by atoms with Gasteiger partial charge < -0.3 is 19.5 Å². The minimum absolute atomic E-state index is 0.265. The minimum Gasteiger partial charge on any atom is -0.497 e. The number of ether oxygens (including phenoxy) is 2. The largest absolute Gasteiger partial charge is 0.497 e. The quantitative estimate of drug-likeness (QED) is 0.757. The van der Waals surface area contributed by atoms with Gasteiger partial charge in [0.1, 0.15) is 5.75 Å². The molecular formula is C24H38N2O3. The lowest BCUT2D eigenvalue weighted by Gasteiger charge is -2.39. The molecule has 1 N–H and O–H groups in total. The van der Waals surface area contributed by atoms with Crippen LogP contribution in [0.5, 0.6) is 5.75 Å². The fourth-order valence-corrected chi connectivity index (χ4v) is 5.94. The van der Waals surface area contributed by atoms with Crippen molar-refractivity contribution in [2.45, 2.75) is 52.2 Å². The number of nitrogens with zero attached hydrogens (tertiary/aromatic N) is 2. The molecule has 3 fully saturated rings. The highest BCUT2D eigenvalue weighted by Crippen LogP contribution is 2.66. The number of β-amino-alcohol motifs (C(OH)–C–C–N with tert-alkyl or cyclic N) is 1. The van der Waals surface area contributed by atoms with Crippen molar-refractivity contribution in [1.29, 1.82) is 0 Å². The zero-order valence-electron chi connectivity index (χ0n) is 18.6. The molecular weight excluding hydrogens is 364 g/mol. The summed E-state index contributed by atoms with van der Waals surface area (Å²) in [6.45, 7) is 12.3. The maximum Gasteiger partial charge on any atom is 0.119 e. The lowest BCUT2D eigenvalue weighted by molar-refractivity contribution is -0.0794. The summed E-state index contributed by atoms with van der Waals surface area (Å²) in [7, 11) is 1.70. The molecule has 0 radical (unpaired) electrons. The van der Waals surface area contributed by atoms with E-state index in [0.717, 1.165) is 44.3 Å². The predicted molar refractivity (Wildman–Crippen MR) is 117 cm³/mol. The number of aliphatic hydroxyl groups excluding tert-OH is 1. The number of piperazine rings is 1. The van der Waals surface area contributed by atoms with E-state index < -0.39 is 6.10 Å². The van der Waals surface area contributed by atoms with Gasteiger partial charge in [0.25, 0.3) is 0 Å². The van der Waals surface area contributed by atoms with Gasteiger partial charge in [-0.1, -0.05) is 20.8 Å². The monoisotopic (exact) mass is 402 g/mol. The third-order valence-corrected chi connectivity index (χ3v) is 8.48. The van der Waals surface area contributed by atoms with E-state index in [9.17, 15) is 5.11 Å². The Bertz CT molecular complexity index is 684. The molecule has 0 amide bonds. The van der Waals surface area contributed by atoms with Gasteiger partial charge in [-0.2, -0.15) is 0 Å². The van der Waals surface area contributed by atoms with Gasteiger partial charge in [0.05, 0.1) is 25.9 Å². The highest BCUT2D eigenvalue weighted by Gasteiger charge is 2.61. The number of hydrogen-bond acceptors (Lipinski definition) is 5. The predicted octanol–water partition coefficient (Wildman–Crippen LogP) is 3.41. The Hall–Kier alpha value is -1.30. The van der Waals surface area contributed by atoms with Crippen LogP contribution in [0, 0.1) is 16.7 Å². The van der Waals surface area contributed by atoms with Crippen molar-refractivity contribution in [2.75, 3.05) is 51.3 Å². The molecule has 2 aliphatic carbocycles. The Morgan fingerprint density at radius 3 is 2.34 bits per heavy atom. The summed E-state index contributed by atoms with van der Waals surface area (Å²) in [6, 6.07) is 8.27. The number of fused-ring (bicyclic) bond motifs is 2. The first-order valence-electron chi connectivity index (χ1n) is 11.2. The van der Waals surface area contributed by atoms with Gasteiger partial charge in [-0.05, 0) is 60.3 Å². The molecule has 3 aliphatic rings. The molecule has 1 aliphatic heterocycles. The van der Waals surface area contributed by atoms with Crippen LogP contribution in [0.15, 0.2) is 24.3 Å². The van der Waals surface area contributed by atoms with Crippen LogP contribution in [0.4, 0.5) is 5.69 Å². The SMILES string of the molecule is COc1ccc(N2CCN(C[C@@H](O)CO[C@@H]3C[C@@H]4CC[C@]3(C)C4(C)C)CC2)cc1. The van der Waals surface area contributed by atoms with Crippen LogP contribution in [0.1, 0.15) is 40.0 Å². The van der Waals surface area contributed by atoms with E-state index in [0.29, 0.717) is 24.7 Å². The molecule has 29 heavy (non-hydrogen) atoms. The number of anilines is 1. The van der Waals surface area contributed by atoms with Gasteiger partial charge in [-0.3, -0.25) is 4.90 Å². The van der Waals surface area contributed by atoms with Crippen LogP contribution in [-0.4, -0.2) is 68.7 Å². The van der Waals surface area contributed by atoms with Crippen LogP contribution in [0.3, 0.4) is 0 Å². The van der Waals surface area contributed by atoms with Crippen LogP contribution < -0.4 is 9.64 Å². The second-order valence-corrected chi connectivity index (χ2v) is 10.1. The standard InChI is InChI=1S/C24H38N2O3/c1-23(2)18-9-10-24(23,3)22(15-18)29-17-20(27)16-25-11-13-26(14-12-25)19-5-7-21(28-4)8-6-19/h5-8,18,20,22,27H,9-17H2,1-4H3/t18-,20+,22+,24-/m0/s1. The van der Waals surface area contributed by atoms with Gasteiger partial charge in [0.15, 0.2) is 0 Å². The second-order valence-electron chi connectivity index (χ2n) is 10.1. The van der Waals surface area contributed by atoms with E-state index in [4.69, 9.17) is 9.47 Å². The third kappa shape index (κ3) is 3.89. The van der Waals surface area contributed by atoms with Crippen molar-refractivity contribution < 1.29 is 14.6 Å². The van der Waals surface area contributed by atoms with Crippen LogP contribution in [0.2, 0.25) is 0 Å². The molecule has 1 saturated heterocycles. The molecule has 4 rings (SSSR count). The molecule has 5 nitrogen and oxygen atoms in total. The van der Waals surface area contributed by atoms with Gasteiger partial charge >= 0.3 is 0 Å². The van der Waals surface area contributed by atoms with Gasteiger partial charge in [0, 0.05) is 38.4 Å². The fraction of sp³-hybridized carbons (Fsp3) is 0.750. The summed E-state index contributed by atoms with van der Waals surface area (Å²) in [4.78, 5) is 4.76. The van der Waals surface area contributed by atoms with E-state index in [1.54, 1.807) is 7.11 Å². The number of benzene rings is 1. The summed E-state index contributed by atoms with van der Waals surface area (Å²) in [5, 5.41) is 10.6. The highest BCUT2D eigenvalue weighted by molar-refractivity contribution is 5.49. The van der Waals surface area contributed by atoms with E-state index in [1.165, 1.54) is 18.5 Å². The fourth-order valence-electron chi connectivity index (χ4n) is 5.94. The smallest absolute Gasteiger partial charge is 0.119 e. The molecule has 162 valence electrons. The number of rotatable bonds is 7. The van der Waals surface area contributed by atoms with Crippen molar-refractivity contribution in [1.82, 2.24) is 4.90 Å². The van der Waals surface area contributed by atoms with Crippen LogP contribution in [0.25, 0.3) is 0 Å². The van der Waals surface area contributed by atoms with E-state index >= 15 is 0 Å². The lowest BCUT2D eigenvalue weighted by atomic mass is 9.70. The van der Waals surface area contributed by atoms with Crippen LogP contribution in [-0.2, 0) is 4.74 Å². The Labute approximate surface area is 176 Å². The molecule has 4 atom stereocenters. The topological polar surface area (TPSA) is 45.2 Å². The Balaban J connectivity index is 1.21. The maximum atomic E-state index is 10.6. The van der Waals surface area contributed by atoms with Gasteiger partial charge in [-0.25, -0.2) is 0 Å². The zero-order chi connectivity index (χ0) is 20.6. The van der Waals surface area contributed by atoms with Gasteiger partial charge in [0.2, 0.25) is 0 Å². The summed E-state index contributed by atoms with van der Waals surface area (Å²) in [5.74, 6) is 1.67. The molecule has 0 spiro atoms. The first kappa shape index (κ1) is 21.0. The lowest BCUT2D eigenvalue weighted by Crippen LogP contribution is -2.49. The average molecular weight is 403 g/mol. The van der Waals surface area contributed by atoms with E-state index in [-0.39, 0.29) is 5.41 Å². The maximum absolute atomic E-state index is 10.6. The Kier molecular flexibility index (Phi) is 5.84. The highest BCUT2D eigenvalue weighted by atomic mass is 16.5. The van der Waals surface area contributed by atoms with Crippen molar-refractivity contribution in [2.24, 2.45) is 16.7 Å². The molecule has 1 heterocycles. The Morgan fingerprint density at radius 1 is 1.10 bits per heavy atom. The van der Waals surface area contributed by atoms with Crippen molar-refractivity contribution in [3.05, 3.63) is 24.3 Å². The number of methoxy groups -OCH3 is 1.